The van der Waals surface area contributed by atoms with Crippen molar-refractivity contribution in [1.29, 1.82) is 0 Å². The molecule has 3 aromatic rings. The van der Waals surface area contributed by atoms with E-state index < -0.39 is 101 Å². The molecule has 0 aromatic carbocycles. The summed E-state index contributed by atoms with van der Waals surface area (Å²) in [5, 5.41) is 34.8. The van der Waals surface area contributed by atoms with E-state index in [1.165, 1.54) is 32.2 Å². The lowest BCUT2D eigenvalue weighted by molar-refractivity contribution is -0.137. The van der Waals surface area contributed by atoms with Gasteiger partial charge >= 0.3 is 29.4 Å². The molecule has 7 atom stereocenters. The van der Waals surface area contributed by atoms with Crippen molar-refractivity contribution >= 4 is 75.1 Å². The molecule has 59 heavy (non-hydrogen) atoms. The molecule has 2 amide bonds. The van der Waals surface area contributed by atoms with E-state index in [1.54, 1.807) is 0 Å². The summed E-state index contributed by atoms with van der Waals surface area (Å²) in [5.41, 5.74) is 3.66. The summed E-state index contributed by atoms with van der Waals surface area (Å²) in [6.45, 7) is 0.0790. The van der Waals surface area contributed by atoms with Crippen molar-refractivity contribution in [3.05, 3.63) is 42.2 Å². The monoisotopic (exact) mass is 916 g/mol. The standard InChI is InChI=1S/C28H39N8O19P3S/c1-28(2,21(39)24(40)32-7-5-16(37)30-8-9-59-27(43)14-4-3-6-31-17(14)26(41)42)11-52-58(49,50)55-57(47,48)51-10-15-20(54-56(44,45)46)19(38)25(53-15)36-13-35-18-22(29)33-12-34-23(18)36/h3-4,6,12-13,15,19-21,25,38-39H,5,7-11H2,1-2H3,(H,30,37)(H,32,40)(H,41,42)(H,47,48)(H,49,50)(H2,29,33,34)(H2,44,45,46). The van der Waals surface area contributed by atoms with Crippen LogP contribution in [0, 0.1) is 5.41 Å². The summed E-state index contributed by atoms with van der Waals surface area (Å²) in [5.74, 6) is -2.93. The number of aromatic carboxylic acids is 1. The number of rotatable bonds is 21. The first-order chi connectivity index (χ1) is 27.4. The Balaban J connectivity index is 1.22. The second-order valence-electron chi connectivity index (χ2n) is 12.9. The number of hydrogen-bond acceptors (Lipinski definition) is 20. The van der Waals surface area contributed by atoms with Gasteiger partial charge in [0.25, 0.3) is 0 Å². The number of carbonyl (C=O) groups excluding carboxylic acids is 3. The predicted molar refractivity (Wildman–Crippen MR) is 198 cm³/mol. The molecule has 7 unspecified atom stereocenters. The van der Waals surface area contributed by atoms with Crippen LogP contribution in [-0.2, 0) is 45.9 Å². The Bertz CT molecular complexity index is 2170. The average molecular weight is 917 g/mol. The van der Waals surface area contributed by atoms with Gasteiger partial charge in [-0.2, -0.15) is 4.31 Å². The number of nitrogens with zero attached hydrogens (tertiary/aromatic N) is 5. The summed E-state index contributed by atoms with van der Waals surface area (Å²) in [4.78, 5) is 103. The minimum atomic E-state index is -5.60. The number of ether oxygens (including phenoxy) is 1. The number of thioether (sulfide) groups is 1. The molecule has 4 rings (SSSR count). The molecule has 4 heterocycles. The number of carboxylic acids is 1. The largest absolute Gasteiger partial charge is 0.481 e. The Morgan fingerprint density at radius 1 is 1.03 bits per heavy atom. The van der Waals surface area contributed by atoms with E-state index in [2.05, 4.69) is 39.4 Å². The van der Waals surface area contributed by atoms with Gasteiger partial charge in [-0.05, 0) is 12.1 Å². The maximum absolute atomic E-state index is 12.7. The van der Waals surface area contributed by atoms with Crippen LogP contribution in [0.5, 0.6) is 0 Å². The van der Waals surface area contributed by atoms with E-state index in [-0.39, 0.29) is 47.8 Å². The highest BCUT2D eigenvalue weighted by molar-refractivity contribution is 8.14. The van der Waals surface area contributed by atoms with Gasteiger partial charge in [-0.1, -0.05) is 25.6 Å². The van der Waals surface area contributed by atoms with Crippen molar-refractivity contribution in [2.24, 2.45) is 5.41 Å². The van der Waals surface area contributed by atoms with Gasteiger partial charge in [-0.3, -0.25) is 32.5 Å². The number of aliphatic hydroxyl groups excluding tert-OH is 2. The number of nitrogen functional groups attached to an aromatic ring is 1. The molecule has 0 spiro atoms. The predicted octanol–water partition coefficient (Wildman–Crippen LogP) is -0.928. The van der Waals surface area contributed by atoms with Gasteiger partial charge < -0.3 is 56.0 Å². The molecule has 11 N–H and O–H groups in total. The molecule has 0 bridgehead atoms. The van der Waals surface area contributed by atoms with Gasteiger partial charge in [0, 0.05) is 36.9 Å². The molecule has 1 aliphatic rings. The number of fused-ring (bicyclic) bond motifs is 1. The van der Waals surface area contributed by atoms with E-state index in [4.69, 9.17) is 24.6 Å². The number of phosphoric ester groups is 3. The smallest absolute Gasteiger partial charge is 0.476 e. The minimum Gasteiger partial charge on any atom is -0.476 e. The number of aromatic nitrogens is 5. The van der Waals surface area contributed by atoms with Crippen molar-refractivity contribution in [2.45, 2.75) is 50.9 Å². The average Bonchev–Trinajstić information content (AvgIpc) is 3.71. The summed E-state index contributed by atoms with van der Waals surface area (Å²) in [6, 6.07) is 2.71. The van der Waals surface area contributed by atoms with Crippen LogP contribution in [-0.4, -0.2) is 139 Å². The van der Waals surface area contributed by atoms with Crippen molar-refractivity contribution < 1.29 is 90.4 Å². The highest BCUT2D eigenvalue weighted by Crippen LogP contribution is 2.61. The highest BCUT2D eigenvalue weighted by atomic mass is 32.2. The number of carboxylic acid groups (broad SMARTS) is 1. The first-order valence-corrected chi connectivity index (χ1v) is 22.2. The van der Waals surface area contributed by atoms with Crippen molar-refractivity contribution in [1.82, 2.24) is 35.1 Å². The lowest BCUT2D eigenvalue weighted by Gasteiger charge is -2.30. The quantitative estimate of drug-likeness (QED) is 0.0456. The third-order valence-corrected chi connectivity index (χ3v) is 12.0. The zero-order valence-corrected chi connectivity index (χ0v) is 34.1. The maximum atomic E-state index is 12.7. The van der Waals surface area contributed by atoms with Gasteiger partial charge in [0.15, 0.2) is 23.4 Å². The van der Waals surface area contributed by atoms with Crippen LogP contribution >= 0.6 is 35.2 Å². The zero-order chi connectivity index (χ0) is 43.9. The Hall–Kier alpha value is -3.82. The molecule has 0 aliphatic carbocycles. The number of carbonyl (C=O) groups is 4. The van der Waals surface area contributed by atoms with Crippen molar-refractivity contribution in [3.8, 4) is 0 Å². The molecule has 1 fully saturated rings. The number of hydrogen-bond donors (Lipinski definition) is 10. The summed E-state index contributed by atoms with van der Waals surface area (Å²) >= 11 is 0.752. The van der Waals surface area contributed by atoms with E-state index in [0.29, 0.717) is 0 Å². The van der Waals surface area contributed by atoms with Crippen LogP contribution in [0.3, 0.4) is 0 Å². The molecular formula is C28H39N8O19P3S. The Labute approximate surface area is 336 Å². The van der Waals surface area contributed by atoms with Gasteiger partial charge in [0.1, 0.15) is 36.3 Å². The van der Waals surface area contributed by atoms with E-state index >= 15 is 0 Å². The van der Waals surface area contributed by atoms with Crippen LogP contribution < -0.4 is 16.4 Å². The Kier molecular flexibility index (Phi) is 16.0. The maximum Gasteiger partial charge on any atom is 0.481 e. The van der Waals surface area contributed by atoms with Crippen LogP contribution in [0.2, 0.25) is 0 Å². The molecule has 0 radical (unpaired) electrons. The van der Waals surface area contributed by atoms with Crippen LogP contribution in [0.4, 0.5) is 5.82 Å². The molecule has 326 valence electrons. The molecule has 3 aromatic heterocycles. The number of phosphoric acid groups is 3. The first-order valence-electron chi connectivity index (χ1n) is 16.7. The molecule has 1 aliphatic heterocycles. The summed E-state index contributed by atoms with van der Waals surface area (Å²) in [6.07, 6.45) is -5.94. The van der Waals surface area contributed by atoms with E-state index in [9.17, 15) is 62.7 Å². The van der Waals surface area contributed by atoms with E-state index in [0.717, 1.165) is 29.0 Å². The number of imidazole rings is 1. The number of amides is 2. The Morgan fingerprint density at radius 2 is 1.73 bits per heavy atom. The van der Waals surface area contributed by atoms with E-state index in [1.807, 2.05) is 0 Å². The molecule has 0 saturated carbocycles. The summed E-state index contributed by atoms with van der Waals surface area (Å²) in [7, 11) is -16.5. The second kappa shape index (κ2) is 19.7. The molecule has 31 heteroatoms. The molecule has 27 nitrogen and oxygen atoms in total. The summed E-state index contributed by atoms with van der Waals surface area (Å²) < 4.78 is 62.1. The van der Waals surface area contributed by atoms with Crippen LogP contribution in [0.15, 0.2) is 31.0 Å². The minimum absolute atomic E-state index is 0.00773. The third-order valence-electron chi connectivity index (χ3n) is 7.97. The topological polar surface area (TPSA) is 414 Å². The fourth-order valence-electron chi connectivity index (χ4n) is 5.09. The van der Waals surface area contributed by atoms with Crippen molar-refractivity contribution in [3.63, 3.8) is 0 Å². The Morgan fingerprint density at radius 3 is 2.41 bits per heavy atom. The van der Waals surface area contributed by atoms with Gasteiger partial charge in [-0.15, -0.1) is 0 Å². The second-order valence-corrected chi connectivity index (χ2v) is 18.2. The highest BCUT2D eigenvalue weighted by Gasteiger charge is 2.50. The SMILES string of the molecule is CC(C)(COP(=O)(O)OP(=O)(O)OCC1OC(n2cnc3c(N)ncnc32)C(O)C1OP(=O)(O)O)C(O)C(=O)NCCC(=O)NCCSC(=O)c1cccnc1C(=O)O. The fraction of sp³-hybridized carbons (Fsp3) is 0.500. The van der Waals surface area contributed by atoms with Crippen LogP contribution in [0.1, 0.15) is 47.3 Å². The lowest BCUT2D eigenvalue weighted by Crippen LogP contribution is -2.46. The number of nitrogens with one attached hydrogen (secondary N) is 2. The third kappa shape index (κ3) is 13.3. The number of anilines is 1. The number of nitrogens with two attached hydrogens (primary N) is 1. The lowest BCUT2D eigenvalue weighted by atomic mass is 9.87. The number of pyridine rings is 1. The van der Waals surface area contributed by atoms with Gasteiger partial charge in [0.2, 0.25) is 16.9 Å². The zero-order valence-electron chi connectivity index (χ0n) is 30.6. The fourth-order valence-corrected chi connectivity index (χ4v) is 8.63. The normalized spacial score (nSPS) is 21.0. The first kappa shape index (κ1) is 47.9. The van der Waals surface area contributed by atoms with Gasteiger partial charge in [0.05, 0.1) is 25.1 Å². The van der Waals surface area contributed by atoms with Crippen molar-refractivity contribution in [2.75, 3.05) is 37.8 Å². The number of aliphatic hydroxyl groups is 2. The molecule has 1 saturated heterocycles. The van der Waals surface area contributed by atoms with Crippen LogP contribution in [0.25, 0.3) is 11.2 Å². The van der Waals surface area contributed by atoms with Gasteiger partial charge in [-0.25, -0.2) is 38.4 Å². The molecular weight excluding hydrogens is 877 g/mol.